The van der Waals surface area contributed by atoms with Gasteiger partial charge in [0.2, 0.25) is 11.8 Å². The first-order chi connectivity index (χ1) is 19.6. The van der Waals surface area contributed by atoms with Gasteiger partial charge in [-0.25, -0.2) is 0 Å². The lowest BCUT2D eigenvalue weighted by Gasteiger charge is -2.38. The number of hydrogen-bond acceptors (Lipinski definition) is 5. The number of benzene rings is 2. The van der Waals surface area contributed by atoms with Gasteiger partial charge in [-0.15, -0.1) is 24.9 Å². The minimum Gasteiger partial charge on any atom is -0.395 e. The van der Waals surface area contributed by atoms with Gasteiger partial charge >= 0.3 is 0 Å². The van der Waals surface area contributed by atoms with Crippen molar-refractivity contribution < 1.29 is 19.5 Å². The minimum absolute atomic E-state index is 0.0372. The zero-order chi connectivity index (χ0) is 29.5. The highest BCUT2D eigenvalue weighted by molar-refractivity contribution is 8.02. The van der Waals surface area contributed by atoms with Crippen LogP contribution in [0.4, 0.5) is 11.4 Å². The maximum Gasteiger partial charge on any atom is 0.251 e. The zero-order valence-electron chi connectivity index (χ0n) is 24.1. The Kier molecular flexibility index (Phi) is 7.92. The standard InChI is InChI=1S/C33H39N3O4S/c1-6-17-34(24-11-9-8-10-12-24)29(38)26-27-30(39)36(19-20-37)28(33(27)16-15-32(26,5)41-33)31(40)35(18-7-2)25-21-22(3)13-14-23(25)4/h6-14,21,26-28,37H,1-2,15-20H2,3-5H3/t26-,27+,28?,32+,33?/m1/s1. The molecule has 7 nitrogen and oxygen atoms in total. The molecule has 3 saturated heterocycles. The summed E-state index contributed by atoms with van der Waals surface area (Å²) >= 11 is 1.64. The lowest BCUT2D eigenvalue weighted by atomic mass is 9.66. The number of hydrogen-bond donors (Lipinski definition) is 1. The zero-order valence-corrected chi connectivity index (χ0v) is 24.9. The molecule has 2 unspecified atom stereocenters. The molecule has 0 aromatic heterocycles. The lowest BCUT2D eigenvalue weighted by molar-refractivity contribution is -0.140. The van der Waals surface area contributed by atoms with Crippen LogP contribution in [0.25, 0.3) is 0 Å². The number of carbonyl (C=O) groups excluding carboxylic acids is 3. The molecule has 5 rings (SSSR count). The first kappa shape index (κ1) is 29.1. The van der Waals surface area contributed by atoms with Gasteiger partial charge in [0, 0.05) is 35.8 Å². The van der Waals surface area contributed by atoms with Crippen molar-refractivity contribution in [1.29, 1.82) is 0 Å². The number of thioether (sulfide) groups is 1. The van der Waals surface area contributed by atoms with Crippen LogP contribution in [0, 0.1) is 25.7 Å². The number of aryl methyl sites for hydroxylation is 2. The predicted octanol–water partition coefficient (Wildman–Crippen LogP) is 4.52. The highest BCUT2D eigenvalue weighted by Gasteiger charge is 2.77. The monoisotopic (exact) mass is 573 g/mol. The van der Waals surface area contributed by atoms with Crippen molar-refractivity contribution in [3.63, 3.8) is 0 Å². The molecule has 3 fully saturated rings. The largest absolute Gasteiger partial charge is 0.395 e. The molecule has 41 heavy (non-hydrogen) atoms. The van der Waals surface area contributed by atoms with E-state index in [0.717, 1.165) is 28.9 Å². The summed E-state index contributed by atoms with van der Waals surface area (Å²) in [4.78, 5) is 48.4. The number of carbonyl (C=O) groups is 3. The normalized spacial score (nSPS) is 28.0. The number of aliphatic hydroxyl groups excluding tert-OH is 1. The fourth-order valence-electron chi connectivity index (χ4n) is 7.25. The van der Waals surface area contributed by atoms with Crippen LogP contribution in [0.15, 0.2) is 73.8 Å². The number of aliphatic hydroxyl groups is 1. The Morgan fingerprint density at radius 3 is 2.39 bits per heavy atom. The molecule has 0 radical (unpaired) electrons. The van der Waals surface area contributed by atoms with E-state index in [9.17, 15) is 19.5 Å². The summed E-state index contributed by atoms with van der Waals surface area (Å²) in [5.41, 5.74) is 3.50. The molecule has 0 saturated carbocycles. The number of para-hydroxylation sites is 1. The molecule has 2 aromatic rings. The van der Waals surface area contributed by atoms with Gasteiger partial charge in [-0.3, -0.25) is 14.4 Å². The van der Waals surface area contributed by atoms with E-state index in [1.807, 2.05) is 62.4 Å². The summed E-state index contributed by atoms with van der Waals surface area (Å²) in [6.07, 6.45) is 4.76. The summed E-state index contributed by atoms with van der Waals surface area (Å²) in [5, 5.41) is 10.0. The van der Waals surface area contributed by atoms with E-state index in [1.54, 1.807) is 38.6 Å². The second-order valence-electron chi connectivity index (χ2n) is 11.6. The van der Waals surface area contributed by atoms with E-state index in [0.29, 0.717) is 13.0 Å². The Hall–Kier alpha value is -3.36. The molecule has 3 amide bonds. The van der Waals surface area contributed by atoms with Gasteiger partial charge in [0.15, 0.2) is 0 Å². The topological polar surface area (TPSA) is 81.2 Å². The molecule has 8 heteroatoms. The number of anilines is 2. The maximum absolute atomic E-state index is 14.7. The van der Waals surface area contributed by atoms with E-state index in [4.69, 9.17) is 0 Å². The van der Waals surface area contributed by atoms with Crippen LogP contribution in [-0.4, -0.2) is 69.5 Å². The fourth-order valence-corrected chi connectivity index (χ4v) is 9.59. The van der Waals surface area contributed by atoms with Crippen molar-refractivity contribution in [3.05, 3.63) is 85.0 Å². The maximum atomic E-state index is 14.7. The molecule has 5 atom stereocenters. The average Bonchev–Trinajstić information content (AvgIpc) is 3.52. The molecule has 3 aliphatic heterocycles. The smallest absolute Gasteiger partial charge is 0.251 e. The van der Waals surface area contributed by atoms with Crippen molar-refractivity contribution in [1.82, 2.24) is 4.90 Å². The number of likely N-dealkylation sites (tertiary alicyclic amines) is 1. The molecule has 2 aromatic carbocycles. The summed E-state index contributed by atoms with van der Waals surface area (Å²) in [5.74, 6) is -1.82. The average molecular weight is 574 g/mol. The van der Waals surface area contributed by atoms with Gasteiger partial charge in [-0.2, -0.15) is 0 Å². The Morgan fingerprint density at radius 2 is 1.73 bits per heavy atom. The van der Waals surface area contributed by atoms with Gasteiger partial charge in [0.05, 0.1) is 23.2 Å². The van der Waals surface area contributed by atoms with Crippen LogP contribution in [0.5, 0.6) is 0 Å². The second kappa shape index (κ2) is 11.1. The van der Waals surface area contributed by atoms with Gasteiger partial charge in [0.1, 0.15) is 6.04 Å². The van der Waals surface area contributed by atoms with Crippen LogP contribution in [0.1, 0.15) is 30.9 Å². The number of fused-ring (bicyclic) bond motifs is 1. The number of nitrogens with zero attached hydrogens (tertiary/aromatic N) is 3. The van der Waals surface area contributed by atoms with Crippen LogP contribution in [0.2, 0.25) is 0 Å². The molecule has 0 aliphatic carbocycles. The highest BCUT2D eigenvalue weighted by Crippen LogP contribution is 2.71. The highest BCUT2D eigenvalue weighted by atomic mass is 32.2. The van der Waals surface area contributed by atoms with E-state index >= 15 is 0 Å². The Morgan fingerprint density at radius 1 is 1.05 bits per heavy atom. The molecule has 2 bridgehead atoms. The van der Waals surface area contributed by atoms with Crippen LogP contribution in [-0.2, 0) is 14.4 Å². The van der Waals surface area contributed by atoms with Gasteiger partial charge in [-0.05, 0) is 62.9 Å². The molecule has 1 N–H and O–H groups in total. The van der Waals surface area contributed by atoms with E-state index in [1.165, 1.54) is 0 Å². The van der Waals surface area contributed by atoms with Crippen LogP contribution < -0.4 is 9.80 Å². The van der Waals surface area contributed by atoms with Gasteiger partial charge in [0.25, 0.3) is 5.91 Å². The lowest BCUT2D eigenvalue weighted by Crippen LogP contribution is -2.55. The van der Waals surface area contributed by atoms with Crippen molar-refractivity contribution in [2.24, 2.45) is 11.8 Å². The summed E-state index contributed by atoms with van der Waals surface area (Å²) < 4.78 is -1.27. The third kappa shape index (κ3) is 4.61. The van der Waals surface area contributed by atoms with E-state index < -0.39 is 27.4 Å². The van der Waals surface area contributed by atoms with Gasteiger partial charge in [-0.1, -0.05) is 42.5 Å². The quantitative estimate of drug-likeness (QED) is 0.423. The summed E-state index contributed by atoms with van der Waals surface area (Å²) in [6.45, 7) is 14.2. The van der Waals surface area contributed by atoms with Crippen LogP contribution in [0.3, 0.4) is 0 Å². The van der Waals surface area contributed by atoms with Crippen molar-refractivity contribution in [2.45, 2.75) is 49.1 Å². The van der Waals surface area contributed by atoms with Gasteiger partial charge < -0.3 is 19.8 Å². The summed E-state index contributed by atoms with van der Waals surface area (Å²) in [6, 6.07) is 14.6. The van der Waals surface area contributed by atoms with Crippen molar-refractivity contribution >= 4 is 40.9 Å². The number of rotatable bonds is 10. The Bertz CT molecular complexity index is 1380. The molecule has 1 spiro atoms. The first-order valence-electron chi connectivity index (χ1n) is 14.2. The third-order valence-electron chi connectivity index (χ3n) is 9.00. The van der Waals surface area contributed by atoms with Crippen LogP contribution >= 0.6 is 11.8 Å². The minimum atomic E-state index is -0.804. The molecular formula is C33H39N3O4S. The second-order valence-corrected chi connectivity index (χ2v) is 13.5. The number of β-amino-alcohol motifs (C(OH)–C–C–N with tert-alkyl or cyclic N) is 1. The SMILES string of the molecule is C=CCN(C(=O)[C@H]1[C@H]2C(=O)N(CCO)C(C(=O)N(CC=C)c3cc(C)ccc3C)C23CC[C@]1(C)S3)c1ccccc1. The van der Waals surface area contributed by atoms with Crippen molar-refractivity contribution in [3.8, 4) is 0 Å². The van der Waals surface area contributed by atoms with E-state index in [-0.39, 0.29) is 37.4 Å². The Labute approximate surface area is 246 Å². The predicted molar refractivity (Wildman–Crippen MR) is 165 cm³/mol. The van der Waals surface area contributed by atoms with E-state index in [2.05, 4.69) is 20.1 Å². The molecule has 216 valence electrons. The fraction of sp³-hybridized carbons (Fsp3) is 0.424. The summed E-state index contributed by atoms with van der Waals surface area (Å²) in [7, 11) is 0. The number of amides is 3. The third-order valence-corrected chi connectivity index (χ3v) is 11.0. The first-order valence-corrected chi connectivity index (χ1v) is 15.0. The molecule has 3 aliphatic rings. The molecule has 3 heterocycles. The van der Waals surface area contributed by atoms with Crippen molar-refractivity contribution in [2.75, 3.05) is 36.0 Å². The Balaban J connectivity index is 1.60. The molecular weight excluding hydrogens is 534 g/mol.